The van der Waals surface area contributed by atoms with Gasteiger partial charge < -0.3 is 9.55 Å². The Kier molecular flexibility index (Phi) is 3.43. The molecule has 0 saturated carbocycles. The van der Waals surface area contributed by atoms with Gasteiger partial charge in [0.1, 0.15) is 5.82 Å². The average molecular weight is 352 g/mol. The number of nitrogens with one attached hydrogen (secondary N) is 1. The van der Waals surface area contributed by atoms with Crippen LogP contribution in [0.25, 0.3) is 11.0 Å². The van der Waals surface area contributed by atoms with E-state index >= 15 is 0 Å². The maximum atomic E-state index is 13.8. The van der Waals surface area contributed by atoms with Crippen LogP contribution in [0.4, 0.5) is 4.39 Å². The first-order valence-electron chi connectivity index (χ1n) is 6.07. The van der Waals surface area contributed by atoms with Gasteiger partial charge in [-0.15, -0.1) is 0 Å². The summed E-state index contributed by atoms with van der Waals surface area (Å²) < 4.78 is 16.7. The van der Waals surface area contributed by atoms with Gasteiger partial charge in [-0.3, -0.25) is 4.98 Å². The van der Waals surface area contributed by atoms with E-state index in [-0.39, 0.29) is 11.9 Å². The Morgan fingerprint density at radius 3 is 2.75 bits per heavy atom. The zero-order valence-electron chi connectivity index (χ0n) is 10.6. The topological polar surface area (TPSA) is 33.6 Å². The van der Waals surface area contributed by atoms with Crippen molar-refractivity contribution in [1.29, 1.82) is 0 Å². The van der Waals surface area contributed by atoms with Crippen molar-refractivity contribution < 1.29 is 4.39 Å². The van der Waals surface area contributed by atoms with Crippen LogP contribution in [0.5, 0.6) is 0 Å². The lowest BCUT2D eigenvalue weighted by molar-refractivity contribution is 0.616. The Morgan fingerprint density at radius 2 is 2.05 bits per heavy atom. The predicted octanol–water partition coefficient (Wildman–Crippen LogP) is 4.60. The summed E-state index contributed by atoms with van der Waals surface area (Å²) in [6.45, 7) is 2.03. The fourth-order valence-electron chi connectivity index (χ4n) is 2.30. The highest BCUT2D eigenvalue weighted by Crippen LogP contribution is 2.27. The molecule has 0 bridgehead atoms. The van der Waals surface area contributed by atoms with Gasteiger partial charge in [0, 0.05) is 18.5 Å². The molecule has 2 aromatic heterocycles. The number of imidazole rings is 1. The number of H-pyrrole nitrogens is 1. The summed E-state index contributed by atoms with van der Waals surface area (Å²) in [6, 6.07) is 7.06. The van der Waals surface area contributed by atoms with E-state index < -0.39 is 0 Å². The van der Waals surface area contributed by atoms with Crippen molar-refractivity contribution >= 4 is 39.2 Å². The minimum absolute atomic E-state index is 0.000162. The minimum atomic E-state index is -0.304. The van der Waals surface area contributed by atoms with E-state index in [4.69, 9.17) is 12.2 Å². The lowest BCUT2D eigenvalue weighted by Crippen LogP contribution is -2.07. The quantitative estimate of drug-likeness (QED) is 0.684. The standard InChI is InChI=1S/C14H11BrFN3S/c1-8(9-2-4-17-5-3-9)19-13-7-11(16)10(15)6-12(13)18-14(19)20/h2-8H,1H3,(H,18,20). The van der Waals surface area contributed by atoms with Crippen LogP contribution >= 0.6 is 28.1 Å². The monoisotopic (exact) mass is 351 g/mol. The second-order valence-corrected chi connectivity index (χ2v) is 5.78. The maximum Gasteiger partial charge on any atom is 0.178 e. The summed E-state index contributed by atoms with van der Waals surface area (Å²) in [5, 5.41) is 0. The maximum absolute atomic E-state index is 13.8. The molecule has 1 unspecified atom stereocenters. The number of aromatic nitrogens is 3. The van der Waals surface area contributed by atoms with Crippen molar-refractivity contribution in [3.05, 3.63) is 57.3 Å². The molecule has 0 aliphatic carbocycles. The van der Waals surface area contributed by atoms with Crippen LogP contribution in [0.1, 0.15) is 18.5 Å². The summed E-state index contributed by atoms with van der Waals surface area (Å²) in [5.41, 5.74) is 2.63. The van der Waals surface area contributed by atoms with Crippen LogP contribution in [0.15, 0.2) is 41.1 Å². The van der Waals surface area contributed by atoms with Gasteiger partial charge in [0.15, 0.2) is 4.77 Å². The minimum Gasteiger partial charge on any atom is -0.331 e. The highest BCUT2D eigenvalue weighted by atomic mass is 79.9. The Balaban J connectivity index is 2.24. The van der Waals surface area contributed by atoms with Crippen LogP contribution in [-0.2, 0) is 0 Å². The first-order valence-corrected chi connectivity index (χ1v) is 7.27. The SMILES string of the molecule is CC(c1ccncc1)n1c(=S)[nH]c2cc(Br)c(F)cc21. The molecule has 102 valence electrons. The third-order valence-corrected chi connectivity index (χ3v) is 4.24. The number of hydrogen-bond acceptors (Lipinski definition) is 2. The van der Waals surface area contributed by atoms with Crippen LogP contribution in [0, 0.1) is 10.6 Å². The van der Waals surface area contributed by atoms with Crippen LogP contribution in [0.2, 0.25) is 0 Å². The highest BCUT2D eigenvalue weighted by Gasteiger charge is 2.14. The number of fused-ring (bicyclic) bond motifs is 1. The van der Waals surface area contributed by atoms with Gasteiger partial charge in [-0.1, -0.05) is 0 Å². The lowest BCUT2D eigenvalue weighted by atomic mass is 10.1. The van der Waals surface area contributed by atoms with Crippen molar-refractivity contribution in [2.75, 3.05) is 0 Å². The first kappa shape index (κ1) is 13.5. The number of nitrogens with zero attached hydrogens (tertiary/aromatic N) is 2. The van der Waals surface area contributed by atoms with E-state index in [9.17, 15) is 4.39 Å². The molecule has 3 nitrogen and oxygen atoms in total. The van der Waals surface area contributed by atoms with Crippen molar-refractivity contribution in [2.45, 2.75) is 13.0 Å². The molecule has 2 heterocycles. The molecule has 0 spiro atoms. The van der Waals surface area contributed by atoms with E-state index in [0.29, 0.717) is 9.24 Å². The normalized spacial score (nSPS) is 12.8. The summed E-state index contributed by atoms with van der Waals surface area (Å²) in [4.78, 5) is 7.12. The summed E-state index contributed by atoms with van der Waals surface area (Å²) in [6.07, 6.45) is 3.48. The summed E-state index contributed by atoms with van der Waals surface area (Å²) >= 11 is 8.56. The van der Waals surface area contributed by atoms with Gasteiger partial charge in [0.05, 0.1) is 21.5 Å². The Labute approximate surface area is 128 Å². The third kappa shape index (κ3) is 2.19. The van der Waals surface area contributed by atoms with Gasteiger partial charge in [-0.2, -0.15) is 0 Å². The zero-order chi connectivity index (χ0) is 14.3. The fourth-order valence-corrected chi connectivity index (χ4v) is 3.01. The average Bonchev–Trinajstić information content (AvgIpc) is 2.75. The molecule has 0 aliphatic heterocycles. The summed E-state index contributed by atoms with van der Waals surface area (Å²) in [5.74, 6) is -0.304. The molecule has 20 heavy (non-hydrogen) atoms. The van der Waals surface area contributed by atoms with E-state index in [1.54, 1.807) is 18.5 Å². The fraction of sp³-hybridized carbons (Fsp3) is 0.143. The Hall–Kier alpha value is -1.53. The molecule has 1 N–H and O–H groups in total. The van der Waals surface area contributed by atoms with Crippen LogP contribution < -0.4 is 0 Å². The second-order valence-electron chi connectivity index (χ2n) is 4.54. The van der Waals surface area contributed by atoms with Gasteiger partial charge >= 0.3 is 0 Å². The number of aromatic amines is 1. The van der Waals surface area contributed by atoms with E-state index in [0.717, 1.165) is 16.6 Å². The molecular weight excluding hydrogens is 341 g/mol. The third-order valence-electron chi connectivity index (χ3n) is 3.33. The molecule has 3 aromatic rings. The van der Waals surface area contributed by atoms with Crippen molar-refractivity contribution in [1.82, 2.24) is 14.5 Å². The molecule has 0 amide bonds. The van der Waals surface area contributed by atoms with Crippen LogP contribution in [0.3, 0.4) is 0 Å². The molecule has 3 rings (SSSR count). The number of halogens is 2. The van der Waals surface area contributed by atoms with Crippen LogP contribution in [-0.4, -0.2) is 14.5 Å². The van der Waals surface area contributed by atoms with Gasteiger partial charge in [0.25, 0.3) is 0 Å². The van der Waals surface area contributed by atoms with Gasteiger partial charge in [-0.25, -0.2) is 4.39 Å². The predicted molar refractivity (Wildman–Crippen MR) is 82.8 cm³/mol. The van der Waals surface area contributed by atoms with Gasteiger partial charge in [-0.05, 0) is 58.8 Å². The molecule has 0 fully saturated rings. The number of benzene rings is 1. The molecule has 0 saturated heterocycles. The molecule has 1 atom stereocenters. The van der Waals surface area contributed by atoms with E-state index in [1.807, 2.05) is 23.6 Å². The number of hydrogen-bond donors (Lipinski definition) is 1. The molecule has 6 heteroatoms. The molecule has 0 aliphatic rings. The molecular formula is C14H11BrFN3S. The largest absolute Gasteiger partial charge is 0.331 e. The van der Waals surface area contributed by atoms with Crippen molar-refractivity contribution in [3.63, 3.8) is 0 Å². The zero-order valence-corrected chi connectivity index (χ0v) is 13.0. The van der Waals surface area contributed by atoms with Gasteiger partial charge in [0.2, 0.25) is 0 Å². The van der Waals surface area contributed by atoms with E-state index in [1.165, 1.54) is 6.07 Å². The Bertz CT molecular complexity index is 826. The lowest BCUT2D eigenvalue weighted by Gasteiger charge is -2.15. The molecule has 1 aromatic carbocycles. The Morgan fingerprint density at radius 1 is 1.35 bits per heavy atom. The second kappa shape index (κ2) is 5.10. The van der Waals surface area contributed by atoms with E-state index in [2.05, 4.69) is 25.9 Å². The smallest absolute Gasteiger partial charge is 0.178 e. The molecule has 0 radical (unpaired) electrons. The first-order chi connectivity index (χ1) is 9.58. The highest BCUT2D eigenvalue weighted by molar-refractivity contribution is 9.10. The number of pyridine rings is 1. The van der Waals surface area contributed by atoms with Crippen molar-refractivity contribution in [3.8, 4) is 0 Å². The number of rotatable bonds is 2. The summed E-state index contributed by atoms with van der Waals surface area (Å²) in [7, 11) is 0. The van der Waals surface area contributed by atoms with Crippen molar-refractivity contribution in [2.24, 2.45) is 0 Å².